The Kier molecular flexibility index (Phi) is 6.06. The highest BCUT2D eigenvalue weighted by Gasteiger charge is 2.31. The van der Waals surface area contributed by atoms with Crippen molar-refractivity contribution in [2.45, 2.75) is 29.4 Å². The number of hydrogen-bond donors (Lipinski definition) is 1. The molecule has 2 aromatic carbocycles. The molecule has 0 aromatic heterocycles. The van der Waals surface area contributed by atoms with Crippen molar-refractivity contribution in [2.75, 3.05) is 25.0 Å². The van der Waals surface area contributed by atoms with E-state index >= 15 is 0 Å². The molecule has 26 heavy (non-hydrogen) atoms. The van der Waals surface area contributed by atoms with Gasteiger partial charge in [-0.25, -0.2) is 8.42 Å². The lowest BCUT2D eigenvalue weighted by Crippen LogP contribution is -2.40. The number of anilines is 1. The van der Waals surface area contributed by atoms with Gasteiger partial charge in [0.15, 0.2) is 9.84 Å². The minimum absolute atomic E-state index is 0.330. The summed E-state index contributed by atoms with van der Waals surface area (Å²) in [6, 6.07) is 16.7. The highest BCUT2D eigenvalue weighted by molar-refractivity contribution is 7.92. The fourth-order valence-corrected chi connectivity index (χ4v) is 5.11. The first-order valence-corrected chi connectivity index (χ1v) is 10.4. The SMILES string of the molecule is O=CNc1ccc(S(=O)(=O)C2CCN(CCc3ccccc3)CC2)cc1. The van der Waals surface area contributed by atoms with Crippen LogP contribution < -0.4 is 5.32 Å². The van der Waals surface area contributed by atoms with Gasteiger partial charge in [-0.1, -0.05) is 30.3 Å². The Bertz CT molecular complexity index is 812. The summed E-state index contributed by atoms with van der Waals surface area (Å²) < 4.78 is 25.7. The Balaban J connectivity index is 1.55. The molecule has 0 atom stereocenters. The highest BCUT2D eigenvalue weighted by atomic mass is 32.2. The van der Waals surface area contributed by atoms with Gasteiger partial charge in [-0.15, -0.1) is 0 Å². The molecule has 0 radical (unpaired) electrons. The lowest BCUT2D eigenvalue weighted by atomic mass is 10.1. The molecular weight excluding hydrogens is 348 g/mol. The van der Waals surface area contributed by atoms with E-state index in [0.717, 1.165) is 26.1 Å². The van der Waals surface area contributed by atoms with Crippen LogP contribution in [0.2, 0.25) is 0 Å². The lowest BCUT2D eigenvalue weighted by Gasteiger charge is -2.31. The van der Waals surface area contributed by atoms with Crippen molar-refractivity contribution in [1.82, 2.24) is 4.90 Å². The number of carbonyl (C=O) groups is 1. The van der Waals surface area contributed by atoms with E-state index in [1.54, 1.807) is 24.3 Å². The van der Waals surface area contributed by atoms with Crippen LogP contribution in [0.3, 0.4) is 0 Å². The maximum Gasteiger partial charge on any atom is 0.211 e. The maximum absolute atomic E-state index is 12.8. The van der Waals surface area contributed by atoms with E-state index in [1.165, 1.54) is 5.56 Å². The van der Waals surface area contributed by atoms with Crippen LogP contribution in [0.15, 0.2) is 59.5 Å². The number of benzene rings is 2. The molecule has 1 fully saturated rings. The van der Waals surface area contributed by atoms with Gasteiger partial charge >= 0.3 is 0 Å². The average molecular weight is 372 g/mol. The Hall–Kier alpha value is -2.18. The number of nitrogens with zero attached hydrogens (tertiary/aromatic N) is 1. The van der Waals surface area contributed by atoms with Crippen molar-refractivity contribution in [2.24, 2.45) is 0 Å². The lowest BCUT2D eigenvalue weighted by molar-refractivity contribution is -0.105. The minimum atomic E-state index is -3.33. The number of amides is 1. The quantitative estimate of drug-likeness (QED) is 0.759. The third-order valence-corrected chi connectivity index (χ3v) is 7.22. The molecule has 0 spiro atoms. The third-order valence-electron chi connectivity index (χ3n) is 4.94. The number of sulfone groups is 1. The van der Waals surface area contributed by atoms with E-state index in [1.807, 2.05) is 18.2 Å². The summed E-state index contributed by atoms with van der Waals surface area (Å²) in [5.41, 5.74) is 1.90. The Morgan fingerprint density at radius 2 is 1.65 bits per heavy atom. The molecule has 0 bridgehead atoms. The summed E-state index contributed by atoms with van der Waals surface area (Å²) >= 11 is 0. The zero-order chi connectivity index (χ0) is 18.4. The molecule has 0 aliphatic carbocycles. The largest absolute Gasteiger partial charge is 0.329 e. The summed E-state index contributed by atoms with van der Waals surface area (Å²) in [7, 11) is -3.33. The van der Waals surface area contributed by atoms with Gasteiger partial charge in [0.2, 0.25) is 6.41 Å². The average Bonchev–Trinajstić information content (AvgIpc) is 2.68. The van der Waals surface area contributed by atoms with Crippen molar-refractivity contribution in [3.05, 3.63) is 60.2 Å². The molecule has 1 aliphatic rings. The fourth-order valence-electron chi connectivity index (χ4n) is 3.38. The van der Waals surface area contributed by atoms with Crippen LogP contribution in [0.1, 0.15) is 18.4 Å². The van der Waals surface area contributed by atoms with Crippen molar-refractivity contribution < 1.29 is 13.2 Å². The summed E-state index contributed by atoms with van der Waals surface area (Å²) in [6.07, 6.45) is 2.88. The van der Waals surface area contributed by atoms with Crippen molar-refractivity contribution in [3.63, 3.8) is 0 Å². The molecule has 1 amide bonds. The van der Waals surface area contributed by atoms with E-state index < -0.39 is 9.84 Å². The Morgan fingerprint density at radius 3 is 2.27 bits per heavy atom. The first kappa shape index (κ1) is 18.6. The smallest absolute Gasteiger partial charge is 0.211 e. The first-order valence-electron chi connectivity index (χ1n) is 8.90. The summed E-state index contributed by atoms with van der Waals surface area (Å²) in [4.78, 5) is 13.1. The first-order chi connectivity index (χ1) is 12.6. The van der Waals surface area contributed by atoms with E-state index in [-0.39, 0.29) is 5.25 Å². The molecular formula is C20H24N2O3S. The van der Waals surface area contributed by atoms with E-state index in [0.29, 0.717) is 29.8 Å². The van der Waals surface area contributed by atoms with Crippen molar-refractivity contribution >= 4 is 21.9 Å². The molecule has 1 saturated heterocycles. The van der Waals surface area contributed by atoms with Crippen LogP contribution in [0.25, 0.3) is 0 Å². The number of likely N-dealkylation sites (tertiary alicyclic amines) is 1. The number of carbonyl (C=O) groups excluding carboxylic acids is 1. The number of piperidine rings is 1. The van der Waals surface area contributed by atoms with Gasteiger partial charge in [-0.3, -0.25) is 4.79 Å². The van der Waals surface area contributed by atoms with Crippen LogP contribution in [-0.2, 0) is 21.1 Å². The van der Waals surface area contributed by atoms with Gasteiger partial charge in [0.25, 0.3) is 0 Å². The van der Waals surface area contributed by atoms with Crippen LogP contribution in [0.5, 0.6) is 0 Å². The van der Waals surface area contributed by atoms with E-state index in [4.69, 9.17) is 0 Å². The maximum atomic E-state index is 12.8. The molecule has 6 heteroatoms. The number of rotatable bonds is 7. The molecule has 5 nitrogen and oxygen atoms in total. The molecule has 3 rings (SSSR count). The Labute approximate surface area is 154 Å². The van der Waals surface area contributed by atoms with Crippen molar-refractivity contribution in [1.29, 1.82) is 0 Å². The fraction of sp³-hybridized carbons (Fsp3) is 0.350. The van der Waals surface area contributed by atoms with Gasteiger partial charge in [0.05, 0.1) is 10.1 Å². The number of hydrogen-bond acceptors (Lipinski definition) is 4. The highest BCUT2D eigenvalue weighted by Crippen LogP contribution is 2.25. The molecule has 2 aromatic rings. The second-order valence-electron chi connectivity index (χ2n) is 6.61. The second-order valence-corrected chi connectivity index (χ2v) is 8.84. The third kappa shape index (κ3) is 4.51. The zero-order valence-electron chi connectivity index (χ0n) is 14.7. The molecule has 0 saturated carbocycles. The van der Waals surface area contributed by atoms with Gasteiger partial charge in [0.1, 0.15) is 0 Å². The molecule has 0 unspecified atom stereocenters. The van der Waals surface area contributed by atoms with E-state index in [9.17, 15) is 13.2 Å². The molecule has 1 N–H and O–H groups in total. The van der Waals surface area contributed by atoms with Crippen LogP contribution in [-0.4, -0.2) is 44.6 Å². The Morgan fingerprint density at radius 1 is 1.00 bits per heavy atom. The van der Waals surface area contributed by atoms with Crippen LogP contribution >= 0.6 is 0 Å². The number of nitrogens with one attached hydrogen (secondary N) is 1. The topological polar surface area (TPSA) is 66.5 Å². The summed E-state index contributed by atoms with van der Waals surface area (Å²) in [5, 5.41) is 2.18. The molecule has 1 heterocycles. The van der Waals surface area contributed by atoms with E-state index in [2.05, 4.69) is 22.3 Å². The minimum Gasteiger partial charge on any atom is -0.329 e. The van der Waals surface area contributed by atoms with Gasteiger partial charge in [-0.2, -0.15) is 0 Å². The van der Waals surface area contributed by atoms with Gasteiger partial charge in [0, 0.05) is 12.2 Å². The summed E-state index contributed by atoms with van der Waals surface area (Å²) in [5.74, 6) is 0. The van der Waals surface area contributed by atoms with Crippen LogP contribution in [0, 0.1) is 0 Å². The van der Waals surface area contributed by atoms with Crippen LogP contribution in [0.4, 0.5) is 5.69 Å². The van der Waals surface area contributed by atoms with Gasteiger partial charge < -0.3 is 10.2 Å². The predicted octanol–water partition coefficient (Wildman–Crippen LogP) is 2.74. The van der Waals surface area contributed by atoms with Crippen molar-refractivity contribution in [3.8, 4) is 0 Å². The summed E-state index contributed by atoms with van der Waals surface area (Å²) in [6.45, 7) is 2.58. The standard InChI is InChI=1S/C20H24N2O3S/c23-16-21-18-6-8-19(9-7-18)26(24,25)20-11-14-22(15-12-20)13-10-17-4-2-1-3-5-17/h1-9,16,20H,10-15H2,(H,21,23). The normalized spacial score (nSPS) is 16.3. The monoisotopic (exact) mass is 372 g/mol. The predicted molar refractivity (Wildman–Crippen MR) is 103 cm³/mol. The van der Waals surface area contributed by atoms with Gasteiger partial charge in [-0.05, 0) is 62.2 Å². The molecule has 138 valence electrons. The zero-order valence-corrected chi connectivity index (χ0v) is 15.5. The molecule has 1 aliphatic heterocycles. The second kappa shape index (κ2) is 8.47.